The van der Waals surface area contributed by atoms with Crippen LogP contribution in [0.5, 0.6) is 0 Å². The summed E-state index contributed by atoms with van der Waals surface area (Å²) >= 11 is 0. The van der Waals surface area contributed by atoms with E-state index >= 15 is 0 Å². The van der Waals surface area contributed by atoms with Crippen molar-refractivity contribution in [2.45, 2.75) is 39.2 Å². The number of rotatable bonds is 4. The Morgan fingerprint density at radius 2 is 1.79 bits per heavy atom. The maximum absolute atomic E-state index is 13.2. The first-order chi connectivity index (χ1) is 14.1. The van der Waals surface area contributed by atoms with Crippen LogP contribution in [0.2, 0.25) is 0 Å². The van der Waals surface area contributed by atoms with Crippen LogP contribution in [0.1, 0.15) is 41.4 Å². The van der Waals surface area contributed by atoms with Gasteiger partial charge in [0.2, 0.25) is 0 Å². The number of hydrogen-bond donors (Lipinski definition) is 0. The second-order valence-corrected chi connectivity index (χ2v) is 7.72. The molecule has 4 rings (SSSR count). The molecular formula is C22H28N4O3. The Morgan fingerprint density at radius 1 is 1.10 bits per heavy atom. The molecule has 154 valence electrons. The van der Waals surface area contributed by atoms with E-state index in [1.165, 1.54) is 5.56 Å². The van der Waals surface area contributed by atoms with Gasteiger partial charge in [0.05, 0.1) is 23.1 Å². The number of piperazine rings is 1. The van der Waals surface area contributed by atoms with Gasteiger partial charge in [-0.15, -0.1) is 0 Å². The molecule has 0 bridgehead atoms. The van der Waals surface area contributed by atoms with Crippen LogP contribution in [0.3, 0.4) is 0 Å². The van der Waals surface area contributed by atoms with E-state index in [1.54, 1.807) is 6.20 Å². The fraction of sp³-hybridized carbons (Fsp3) is 0.500. The van der Waals surface area contributed by atoms with Crippen molar-refractivity contribution in [1.29, 1.82) is 0 Å². The molecular weight excluding hydrogens is 368 g/mol. The molecule has 29 heavy (non-hydrogen) atoms. The number of aryl methyl sites for hydroxylation is 1. The summed E-state index contributed by atoms with van der Waals surface area (Å²) in [5, 5.41) is 4.49. The molecule has 1 aromatic heterocycles. The predicted molar refractivity (Wildman–Crippen MR) is 109 cm³/mol. The average Bonchev–Trinajstić information content (AvgIpc) is 3.43. The third-order valence-electron chi connectivity index (χ3n) is 5.80. The summed E-state index contributed by atoms with van der Waals surface area (Å²) in [5.74, 6) is 0.0560. The third kappa shape index (κ3) is 3.92. The molecule has 3 heterocycles. The third-order valence-corrected chi connectivity index (χ3v) is 5.80. The molecule has 0 radical (unpaired) electrons. The Balaban J connectivity index is 1.45. The molecule has 2 aliphatic rings. The number of aromatic nitrogens is 2. The summed E-state index contributed by atoms with van der Waals surface area (Å²) in [6, 6.07) is 8.13. The van der Waals surface area contributed by atoms with Gasteiger partial charge in [0.15, 0.2) is 0 Å². The molecule has 2 aromatic rings. The van der Waals surface area contributed by atoms with E-state index in [0.29, 0.717) is 44.8 Å². The predicted octanol–water partition coefficient (Wildman–Crippen LogP) is 2.21. The lowest BCUT2D eigenvalue weighted by molar-refractivity contribution is -0.142. The first-order valence-electron chi connectivity index (χ1n) is 10.4. The van der Waals surface area contributed by atoms with Crippen LogP contribution in [0, 0.1) is 6.92 Å². The zero-order chi connectivity index (χ0) is 20.4. The van der Waals surface area contributed by atoms with Crippen molar-refractivity contribution < 1.29 is 14.3 Å². The molecule has 1 aromatic carbocycles. The smallest absolute Gasteiger partial charge is 0.257 e. The first kappa shape index (κ1) is 19.6. The lowest BCUT2D eigenvalue weighted by atomic mass is 10.1. The molecule has 2 amide bonds. The van der Waals surface area contributed by atoms with E-state index in [-0.39, 0.29) is 17.9 Å². The van der Waals surface area contributed by atoms with Gasteiger partial charge in [-0.05, 0) is 38.3 Å². The van der Waals surface area contributed by atoms with Crippen molar-refractivity contribution in [1.82, 2.24) is 19.6 Å². The second kappa shape index (κ2) is 8.37. The number of carbonyl (C=O) groups excluding carboxylic acids is 2. The van der Waals surface area contributed by atoms with Gasteiger partial charge in [-0.3, -0.25) is 9.59 Å². The number of amides is 2. The second-order valence-electron chi connectivity index (χ2n) is 7.72. The summed E-state index contributed by atoms with van der Waals surface area (Å²) in [5.41, 5.74) is 3.70. The van der Waals surface area contributed by atoms with E-state index in [1.807, 2.05) is 52.6 Å². The van der Waals surface area contributed by atoms with E-state index in [4.69, 9.17) is 4.74 Å². The lowest BCUT2D eigenvalue weighted by Crippen LogP contribution is -2.52. The highest BCUT2D eigenvalue weighted by atomic mass is 16.5. The minimum Gasteiger partial charge on any atom is -0.368 e. The van der Waals surface area contributed by atoms with Gasteiger partial charge in [-0.1, -0.05) is 24.6 Å². The largest absolute Gasteiger partial charge is 0.368 e. The van der Waals surface area contributed by atoms with Gasteiger partial charge in [0.1, 0.15) is 6.10 Å². The van der Waals surface area contributed by atoms with Crippen LogP contribution in [0.4, 0.5) is 0 Å². The number of ether oxygens (including phenoxy) is 1. The Morgan fingerprint density at radius 3 is 2.41 bits per heavy atom. The minimum absolute atomic E-state index is 0.00979. The van der Waals surface area contributed by atoms with Crippen molar-refractivity contribution in [2.24, 2.45) is 0 Å². The van der Waals surface area contributed by atoms with Crippen molar-refractivity contribution >= 4 is 11.8 Å². The van der Waals surface area contributed by atoms with Crippen LogP contribution in [0.25, 0.3) is 5.69 Å². The summed E-state index contributed by atoms with van der Waals surface area (Å²) in [6.45, 7) is 6.93. The molecule has 2 fully saturated rings. The molecule has 1 unspecified atom stereocenters. The Labute approximate surface area is 171 Å². The molecule has 7 nitrogen and oxygen atoms in total. The zero-order valence-electron chi connectivity index (χ0n) is 17.1. The molecule has 0 saturated carbocycles. The molecule has 0 spiro atoms. The topological polar surface area (TPSA) is 67.7 Å². The highest BCUT2D eigenvalue weighted by molar-refractivity contribution is 5.95. The van der Waals surface area contributed by atoms with Crippen LogP contribution in [0.15, 0.2) is 30.5 Å². The maximum atomic E-state index is 13.2. The van der Waals surface area contributed by atoms with Gasteiger partial charge in [0.25, 0.3) is 11.8 Å². The monoisotopic (exact) mass is 396 g/mol. The molecule has 7 heteroatoms. The molecule has 0 N–H and O–H groups in total. The van der Waals surface area contributed by atoms with Gasteiger partial charge in [0, 0.05) is 32.8 Å². The van der Waals surface area contributed by atoms with Gasteiger partial charge in [-0.25, -0.2) is 4.68 Å². The van der Waals surface area contributed by atoms with Crippen LogP contribution < -0.4 is 0 Å². The normalized spacial score (nSPS) is 19.6. The van der Waals surface area contributed by atoms with Crippen molar-refractivity contribution in [3.05, 3.63) is 47.3 Å². The van der Waals surface area contributed by atoms with E-state index in [2.05, 4.69) is 5.10 Å². The number of carbonyl (C=O) groups is 2. The highest BCUT2D eigenvalue weighted by Crippen LogP contribution is 2.20. The maximum Gasteiger partial charge on any atom is 0.257 e. The van der Waals surface area contributed by atoms with Crippen molar-refractivity contribution in [3.63, 3.8) is 0 Å². The first-order valence-corrected chi connectivity index (χ1v) is 10.4. The number of hydrogen-bond acceptors (Lipinski definition) is 4. The van der Waals surface area contributed by atoms with Gasteiger partial charge >= 0.3 is 0 Å². The Bertz CT molecular complexity index is 876. The Hall–Kier alpha value is -2.67. The highest BCUT2D eigenvalue weighted by Gasteiger charge is 2.32. The zero-order valence-corrected chi connectivity index (χ0v) is 17.1. The average molecular weight is 396 g/mol. The molecule has 2 aliphatic heterocycles. The quantitative estimate of drug-likeness (QED) is 0.795. The number of nitrogens with zero attached hydrogens (tertiary/aromatic N) is 4. The standard InChI is InChI=1S/C22H28N4O3/c1-3-19-18(15-23-26(19)17-8-6-16(2)7-9-17)21(27)24-10-12-25(13-11-24)22(28)20-5-4-14-29-20/h6-9,15,20H,3-5,10-14H2,1-2H3. The lowest BCUT2D eigenvalue weighted by Gasteiger charge is -2.35. The summed E-state index contributed by atoms with van der Waals surface area (Å²) < 4.78 is 7.36. The summed E-state index contributed by atoms with van der Waals surface area (Å²) in [7, 11) is 0. The summed E-state index contributed by atoms with van der Waals surface area (Å²) in [4.78, 5) is 29.3. The van der Waals surface area contributed by atoms with Crippen LogP contribution in [-0.2, 0) is 16.0 Å². The summed E-state index contributed by atoms with van der Waals surface area (Å²) in [6.07, 6.45) is 3.84. The van der Waals surface area contributed by atoms with E-state index in [0.717, 1.165) is 24.2 Å². The van der Waals surface area contributed by atoms with Crippen molar-refractivity contribution in [2.75, 3.05) is 32.8 Å². The van der Waals surface area contributed by atoms with Gasteiger partial charge in [-0.2, -0.15) is 5.10 Å². The molecule has 1 atom stereocenters. The SMILES string of the molecule is CCc1c(C(=O)N2CCN(C(=O)C3CCCO3)CC2)cnn1-c1ccc(C)cc1. The fourth-order valence-electron chi connectivity index (χ4n) is 4.08. The van der Waals surface area contributed by atoms with Crippen molar-refractivity contribution in [3.8, 4) is 5.69 Å². The Kier molecular flexibility index (Phi) is 5.67. The van der Waals surface area contributed by atoms with Crippen LogP contribution in [-0.4, -0.2) is 70.3 Å². The molecule has 0 aliphatic carbocycles. The van der Waals surface area contributed by atoms with Gasteiger partial charge < -0.3 is 14.5 Å². The molecule has 2 saturated heterocycles. The number of benzene rings is 1. The van der Waals surface area contributed by atoms with E-state index in [9.17, 15) is 9.59 Å². The van der Waals surface area contributed by atoms with Crippen LogP contribution >= 0.6 is 0 Å². The fourth-order valence-corrected chi connectivity index (χ4v) is 4.08. The van der Waals surface area contributed by atoms with E-state index < -0.39 is 0 Å². The minimum atomic E-state index is -0.295.